The summed E-state index contributed by atoms with van der Waals surface area (Å²) in [5.41, 5.74) is 1.86. The van der Waals surface area contributed by atoms with Gasteiger partial charge in [-0.1, -0.05) is 54.8 Å². The molecule has 0 radical (unpaired) electrons. The zero-order valence-corrected chi connectivity index (χ0v) is 20.3. The van der Waals surface area contributed by atoms with E-state index in [9.17, 15) is 18.8 Å². The Morgan fingerprint density at radius 3 is 2.46 bits per heavy atom. The van der Waals surface area contributed by atoms with Crippen LogP contribution >= 0.6 is 11.3 Å². The molecule has 1 aliphatic rings. The number of thiophene rings is 1. The van der Waals surface area contributed by atoms with Crippen LogP contribution in [0, 0.1) is 12.7 Å². The average Bonchev–Trinajstić information content (AvgIpc) is 3.56. The average molecular weight is 494 g/mol. The second-order valence-electron chi connectivity index (χ2n) is 8.71. The first-order chi connectivity index (χ1) is 16.9. The molecule has 3 amide bonds. The highest BCUT2D eigenvalue weighted by atomic mass is 32.1. The van der Waals surface area contributed by atoms with Crippen LogP contribution in [0.25, 0.3) is 0 Å². The summed E-state index contributed by atoms with van der Waals surface area (Å²) in [6.07, 6.45) is 3.86. The van der Waals surface area contributed by atoms with E-state index in [2.05, 4.69) is 10.6 Å². The van der Waals surface area contributed by atoms with Gasteiger partial charge in [-0.2, -0.15) is 0 Å². The quantitative estimate of drug-likeness (QED) is 0.475. The second kappa shape index (κ2) is 11.3. The fourth-order valence-electron chi connectivity index (χ4n) is 4.32. The van der Waals surface area contributed by atoms with Gasteiger partial charge in [0.25, 0.3) is 5.91 Å². The van der Waals surface area contributed by atoms with Crippen LogP contribution in [0.2, 0.25) is 0 Å². The van der Waals surface area contributed by atoms with Gasteiger partial charge < -0.3 is 10.6 Å². The predicted octanol–water partition coefficient (Wildman–Crippen LogP) is 4.76. The number of benzene rings is 2. The van der Waals surface area contributed by atoms with Crippen molar-refractivity contribution in [2.45, 2.75) is 44.7 Å². The Morgan fingerprint density at radius 2 is 1.80 bits per heavy atom. The first-order valence-corrected chi connectivity index (χ1v) is 12.6. The van der Waals surface area contributed by atoms with Crippen LogP contribution in [0.3, 0.4) is 0 Å². The van der Waals surface area contributed by atoms with Crippen LogP contribution in [0.15, 0.2) is 66.0 Å². The van der Waals surface area contributed by atoms with Gasteiger partial charge in [0.05, 0.1) is 11.4 Å². The molecule has 1 heterocycles. The highest BCUT2D eigenvalue weighted by molar-refractivity contribution is 7.12. The van der Waals surface area contributed by atoms with Gasteiger partial charge in [-0.3, -0.25) is 19.3 Å². The lowest BCUT2D eigenvalue weighted by atomic mass is 10.0. The Hall–Kier alpha value is -3.52. The lowest BCUT2D eigenvalue weighted by Crippen LogP contribution is -2.49. The largest absolute Gasteiger partial charge is 0.351 e. The Labute approximate surface area is 208 Å². The van der Waals surface area contributed by atoms with E-state index < -0.39 is 17.8 Å². The standard InChI is InChI=1S/C27H28FN3O3S/c1-18-11-13-19(14-12-18)25(27(34)30-21-7-2-3-8-21)31(22-9-4-6-20(28)16-22)24(32)17-29-26(33)23-10-5-15-35-23/h4-6,9-16,21,25H,2-3,7-8,17H2,1H3,(H,29,33)(H,30,34)/t25-/m0/s1. The third-order valence-corrected chi connectivity index (χ3v) is 6.97. The highest BCUT2D eigenvalue weighted by Crippen LogP contribution is 2.30. The van der Waals surface area contributed by atoms with Gasteiger partial charge in [-0.05, 0) is 55.0 Å². The lowest BCUT2D eigenvalue weighted by Gasteiger charge is -2.32. The summed E-state index contributed by atoms with van der Waals surface area (Å²) in [5, 5.41) is 7.49. The predicted molar refractivity (Wildman–Crippen MR) is 135 cm³/mol. The number of rotatable bonds is 8. The van der Waals surface area contributed by atoms with Crippen molar-refractivity contribution in [3.05, 3.63) is 87.9 Å². The first-order valence-electron chi connectivity index (χ1n) is 11.7. The van der Waals surface area contributed by atoms with E-state index in [4.69, 9.17) is 0 Å². The van der Waals surface area contributed by atoms with Crippen LogP contribution < -0.4 is 15.5 Å². The zero-order valence-electron chi connectivity index (χ0n) is 19.5. The smallest absolute Gasteiger partial charge is 0.261 e. The molecule has 182 valence electrons. The molecular weight excluding hydrogens is 465 g/mol. The number of carbonyl (C=O) groups is 3. The summed E-state index contributed by atoms with van der Waals surface area (Å²) in [6, 6.07) is 15.4. The van der Waals surface area contributed by atoms with E-state index in [1.165, 1.54) is 34.4 Å². The molecule has 0 spiro atoms. The van der Waals surface area contributed by atoms with Crippen LogP contribution in [0.4, 0.5) is 10.1 Å². The number of carbonyl (C=O) groups excluding carboxylic acids is 3. The third-order valence-electron chi connectivity index (χ3n) is 6.10. The molecule has 0 unspecified atom stereocenters. The molecule has 1 fully saturated rings. The van der Waals surface area contributed by atoms with Crippen molar-refractivity contribution in [3.63, 3.8) is 0 Å². The van der Waals surface area contributed by atoms with Crippen molar-refractivity contribution < 1.29 is 18.8 Å². The number of amides is 3. The molecule has 1 aliphatic carbocycles. The molecule has 0 aliphatic heterocycles. The second-order valence-corrected chi connectivity index (χ2v) is 9.65. The number of halogens is 1. The SMILES string of the molecule is Cc1ccc([C@@H](C(=O)NC2CCCC2)N(C(=O)CNC(=O)c2cccs2)c2cccc(F)c2)cc1. The normalized spacial score (nSPS) is 14.3. The fourth-order valence-corrected chi connectivity index (χ4v) is 4.96. The molecule has 0 bridgehead atoms. The number of hydrogen-bond acceptors (Lipinski definition) is 4. The van der Waals surface area contributed by atoms with Crippen LogP contribution in [0.5, 0.6) is 0 Å². The van der Waals surface area contributed by atoms with Gasteiger partial charge >= 0.3 is 0 Å². The Balaban J connectivity index is 1.68. The van der Waals surface area contributed by atoms with Gasteiger partial charge in [0, 0.05) is 11.7 Å². The molecule has 1 atom stereocenters. The summed E-state index contributed by atoms with van der Waals surface area (Å²) in [5.74, 6) is -1.76. The Kier molecular flexibility index (Phi) is 7.92. The molecule has 3 aromatic rings. The molecule has 35 heavy (non-hydrogen) atoms. The van der Waals surface area contributed by atoms with Crippen molar-refractivity contribution in [1.29, 1.82) is 0 Å². The van der Waals surface area contributed by atoms with E-state index in [1.807, 2.05) is 19.1 Å². The molecule has 1 saturated carbocycles. The number of nitrogens with one attached hydrogen (secondary N) is 2. The topological polar surface area (TPSA) is 78.5 Å². The molecule has 4 rings (SSSR count). The number of hydrogen-bond donors (Lipinski definition) is 2. The van der Waals surface area contributed by atoms with E-state index in [0.717, 1.165) is 31.2 Å². The van der Waals surface area contributed by atoms with Gasteiger partial charge in [-0.25, -0.2) is 4.39 Å². The fraction of sp³-hybridized carbons (Fsp3) is 0.296. The van der Waals surface area contributed by atoms with Crippen molar-refractivity contribution in [1.82, 2.24) is 10.6 Å². The van der Waals surface area contributed by atoms with E-state index in [0.29, 0.717) is 10.4 Å². The van der Waals surface area contributed by atoms with Crippen molar-refractivity contribution in [2.75, 3.05) is 11.4 Å². The number of aryl methyl sites for hydroxylation is 1. The van der Waals surface area contributed by atoms with Gasteiger partial charge in [0.1, 0.15) is 11.9 Å². The van der Waals surface area contributed by atoms with Crippen LogP contribution in [-0.2, 0) is 9.59 Å². The van der Waals surface area contributed by atoms with E-state index in [-0.39, 0.29) is 30.1 Å². The molecule has 6 nitrogen and oxygen atoms in total. The third kappa shape index (κ3) is 6.14. The van der Waals surface area contributed by atoms with E-state index in [1.54, 1.807) is 35.7 Å². The van der Waals surface area contributed by atoms with Crippen LogP contribution in [0.1, 0.15) is 52.5 Å². The van der Waals surface area contributed by atoms with Gasteiger partial charge in [0.15, 0.2) is 0 Å². The minimum Gasteiger partial charge on any atom is -0.351 e. The molecule has 0 saturated heterocycles. The maximum Gasteiger partial charge on any atom is 0.261 e. The molecule has 2 N–H and O–H groups in total. The molecule has 8 heteroatoms. The van der Waals surface area contributed by atoms with Crippen molar-refractivity contribution in [3.8, 4) is 0 Å². The summed E-state index contributed by atoms with van der Waals surface area (Å²) < 4.78 is 14.2. The Bertz CT molecular complexity index is 1170. The lowest BCUT2D eigenvalue weighted by molar-refractivity contribution is -0.126. The maximum atomic E-state index is 14.2. The molecular formula is C27H28FN3O3S. The monoisotopic (exact) mass is 493 g/mol. The minimum atomic E-state index is -1.02. The summed E-state index contributed by atoms with van der Waals surface area (Å²) >= 11 is 1.27. The molecule has 1 aromatic heterocycles. The van der Waals surface area contributed by atoms with Crippen LogP contribution in [-0.4, -0.2) is 30.3 Å². The Morgan fingerprint density at radius 1 is 1.06 bits per heavy atom. The van der Waals surface area contributed by atoms with Crippen molar-refractivity contribution >= 4 is 34.7 Å². The highest BCUT2D eigenvalue weighted by Gasteiger charge is 2.34. The molecule has 2 aromatic carbocycles. The van der Waals surface area contributed by atoms with Gasteiger partial charge in [0.2, 0.25) is 11.8 Å². The summed E-state index contributed by atoms with van der Waals surface area (Å²) in [7, 11) is 0. The van der Waals surface area contributed by atoms with E-state index >= 15 is 0 Å². The first kappa shape index (κ1) is 24.6. The summed E-state index contributed by atoms with van der Waals surface area (Å²) in [6.45, 7) is 1.60. The zero-order chi connectivity index (χ0) is 24.8. The number of anilines is 1. The summed E-state index contributed by atoms with van der Waals surface area (Å²) in [4.78, 5) is 41.4. The minimum absolute atomic E-state index is 0.0402. The van der Waals surface area contributed by atoms with Gasteiger partial charge in [-0.15, -0.1) is 11.3 Å². The number of nitrogens with zero attached hydrogens (tertiary/aromatic N) is 1. The maximum absolute atomic E-state index is 14.2. The van der Waals surface area contributed by atoms with Crippen molar-refractivity contribution in [2.24, 2.45) is 0 Å².